The highest BCUT2D eigenvalue weighted by atomic mass is 16.1. The maximum Gasteiger partial charge on any atom is 0.220 e. The Morgan fingerprint density at radius 3 is 2.55 bits per heavy atom. The van der Waals surface area contributed by atoms with Gasteiger partial charge in [0.1, 0.15) is 5.78 Å². The lowest BCUT2D eigenvalue weighted by atomic mass is 9.93. The van der Waals surface area contributed by atoms with Crippen LogP contribution in [0.15, 0.2) is 70.4 Å². The number of benzene rings is 1. The van der Waals surface area contributed by atoms with Gasteiger partial charge in [-0.15, -0.1) is 0 Å². The number of nitrogens with zero attached hydrogens (tertiary/aromatic N) is 1. The molecule has 0 fully saturated rings. The maximum absolute atomic E-state index is 12.2. The third-order valence-electron chi connectivity index (χ3n) is 5.33. The highest BCUT2D eigenvalue weighted by Gasteiger charge is 2.24. The number of carbonyl (C=O) groups excluding carboxylic acids is 2. The average Bonchev–Trinajstić information content (AvgIpc) is 3.10. The summed E-state index contributed by atoms with van der Waals surface area (Å²) in [5, 5.41) is 3.07. The van der Waals surface area contributed by atoms with E-state index in [9.17, 15) is 9.59 Å². The van der Waals surface area contributed by atoms with Crippen molar-refractivity contribution in [2.45, 2.75) is 58.3 Å². The van der Waals surface area contributed by atoms with E-state index in [0.717, 1.165) is 55.5 Å². The van der Waals surface area contributed by atoms with E-state index in [0.29, 0.717) is 19.4 Å². The molecule has 1 aliphatic carbocycles. The van der Waals surface area contributed by atoms with Gasteiger partial charge in [0.15, 0.2) is 0 Å². The van der Waals surface area contributed by atoms with Crippen molar-refractivity contribution in [3.05, 3.63) is 71.0 Å². The largest absolute Gasteiger partial charge is 0.356 e. The van der Waals surface area contributed by atoms with E-state index >= 15 is 0 Å². The number of unbranched alkanes of at least 4 members (excludes halogenated alkanes) is 3. The summed E-state index contributed by atoms with van der Waals surface area (Å²) in [4.78, 5) is 28.0. The van der Waals surface area contributed by atoms with Crippen LogP contribution in [-0.2, 0) is 9.59 Å². The van der Waals surface area contributed by atoms with E-state index in [2.05, 4.69) is 35.7 Å². The molecule has 1 N–H and O–H groups in total. The first kappa shape index (κ1) is 21.0. The molecule has 1 heterocycles. The van der Waals surface area contributed by atoms with Crippen LogP contribution >= 0.6 is 0 Å². The molecular formula is C25H30N2O2. The third kappa shape index (κ3) is 6.11. The molecule has 4 nitrogen and oxygen atoms in total. The molecule has 0 radical (unpaired) electrons. The summed E-state index contributed by atoms with van der Waals surface area (Å²) in [6.45, 7) is 2.26. The number of nitrogens with one attached hydrogen (secondary N) is 1. The highest BCUT2D eigenvalue weighted by molar-refractivity contribution is 6.16. The zero-order valence-electron chi connectivity index (χ0n) is 17.2. The van der Waals surface area contributed by atoms with Gasteiger partial charge in [-0.25, -0.2) is 4.99 Å². The topological polar surface area (TPSA) is 58.5 Å². The Bertz CT molecular complexity index is 860. The van der Waals surface area contributed by atoms with Gasteiger partial charge in [0.2, 0.25) is 5.91 Å². The van der Waals surface area contributed by atoms with Crippen LogP contribution in [0.1, 0.15) is 63.9 Å². The molecule has 3 rings (SSSR count). The molecule has 0 unspecified atom stereocenters. The Balaban J connectivity index is 1.48. The smallest absolute Gasteiger partial charge is 0.220 e. The molecule has 0 atom stereocenters. The second-order valence-electron chi connectivity index (χ2n) is 7.68. The van der Waals surface area contributed by atoms with E-state index in [-0.39, 0.29) is 11.7 Å². The lowest BCUT2D eigenvalue weighted by Gasteiger charge is -2.12. The van der Waals surface area contributed by atoms with E-state index < -0.39 is 0 Å². The molecule has 0 aromatic heterocycles. The first-order chi connectivity index (χ1) is 14.1. The van der Waals surface area contributed by atoms with Crippen molar-refractivity contribution in [1.82, 2.24) is 5.32 Å². The van der Waals surface area contributed by atoms with E-state index in [1.54, 1.807) is 6.92 Å². The van der Waals surface area contributed by atoms with Gasteiger partial charge < -0.3 is 10.1 Å². The number of allylic oxidation sites excluding steroid dienone is 4. The van der Waals surface area contributed by atoms with Gasteiger partial charge >= 0.3 is 0 Å². The summed E-state index contributed by atoms with van der Waals surface area (Å²) >= 11 is 0. The highest BCUT2D eigenvalue weighted by Crippen LogP contribution is 2.34. The standard InChI is InChI=1S/C25H30N2O2/c1-19(28)11-5-2-3-8-16-24(29)26-18-17-22-21-14-9-10-15-23(21)27-25(22)20-12-6-4-7-13-20/h4,6-7,9-10,12-13,15H,2-3,5,8,11,14,16-18H2,1H3,(H,26,29). The number of hydrogen-bond donors (Lipinski definition) is 1. The number of rotatable bonds is 11. The fourth-order valence-electron chi connectivity index (χ4n) is 3.80. The molecule has 0 saturated carbocycles. The lowest BCUT2D eigenvalue weighted by Crippen LogP contribution is -2.25. The van der Waals surface area contributed by atoms with Crippen LogP contribution in [0.4, 0.5) is 0 Å². The Labute approximate surface area is 173 Å². The van der Waals surface area contributed by atoms with Gasteiger partial charge in [0, 0.05) is 24.9 Å². The minimum atomic E-state index is 0.109. The summed E-state index contributed by atoms with van der Waals surface area (Å²) in [5.41, 5.74) is 5.75. The maximum atomic E-state index is 12.2. The average molecular weight is 391 g/mol. The van der Waals surface area contributed by atoms with Crippen molar-refractivity contribution >= 4 is 17.4 Å². The molecule has 1 amide bonds. The predicted molar refractivity (Wildman–Crippen MR) is 118 cm³/mol. The number of aliphatic imine (C=N–C) groups is 1. The molecule has 0 bridgehead atoms. The predicted octanol–water partition coefficient (Wildman–Crippen LogP) is 5.07. The Hall–Kier alpha value is -2.75. The zero-order valence-corrected chi connectivity index (χ0v) is 17.2. The molecule has 29 heavy (non-hydrogen) atoms. The van der Waals surface area contributed by atoms with E-state index in [1.807, 2.05) is 18.2 Å². The molecular weight excluding hydrogens is 360 g/mol. The lowest BCUT2D eigenvalue weighted by molar-refractivity contribution is -0.121. The van der Waals surface area contributed by atoms with Gasteiger partial charge in [-0.3, -0.25) is 4.79 Å². The summed E-state index contributed by atoms with van der Waals surface area (Å²) in [7, 11) is 0. The van der Waals surface area contributed by atoms with E-state index in [4.69, 9.17) is 4.99 Å². The Kier molecular flexibility index (Phi) is 7.74. The molecule has 1 aliphatic heterocycles. The van der Waals surface area contributed by atoms with Crippen molar-refractivity contribution in [3.8, 4) is 0 Å². The number of carbonyl (C=O) groups is 2. The van der Waals surface area contributed by atoms with Crippen LogP contribution in [0.2, 0.25) is 0 Å². The first-order valence-electron chi connectivity index (χ1n) is 10.6. The normalized spacial score (nSPS) is 15.1. The van der Waals surface area contributed by atoms with Crippen molar-refractivity contribution in [1.29, 1.82) is 0 Å². The summed E-state index contributed by atoms with van der Waals surface area (Å²) in [5.74, 6) is 0.354. The monoisotopic (exact) mass is 390 g/mol. The number of Topliss-reactive ketones (excluding diaryl/α,β-unsaturated/α-hetero) is 1. The molecule has 0 spiro atoms. The molecule has 152 valence electrons. The minimum absolute atomic E-state index is 0.109. The van der Waals surface area contributed by atoms with Crippen molar-refractivity contribution in [2.24, 2.45) is 4.99 Å². The van der Waals surface area contributed by atoms with Gasteiger partial charge in [0.25, 0.3) is 0 Å². The first-order valence-corrected chi connectivity index (χ1v) is 10.6. The quantitative estimate of drug-likeness (QED) is 0.537. The summed E-state index contributed by atoms with van der Waals surface area (Å²) in [6, 6.07) is 10.3. The second-order valence-corrected chi connectivity index (χ2v) is 7.68. The van der Waals surface area contributed by atoms with Gasteiger partial charge in [-0.1, -0.05) is 55.3 Å². The second kappa shape index (κ2) is 10.7. The van der Waals surface area contributed by atoms with Gasteiger partial charge in [-0.2, -0.15) is 0 Å². The summed E-state index contributed by atoms with van der Waals surface area (Å²) < 4.78 is 0. The van der Waals surface area contributed by atoms with Crippen LogP contribution in [-0.4, -0.2) is 23.9 Å². The van der Waals surface area contributed by atoms with E-state index in [1.165, 1.54) is 11.1 Å². The van der Waals surface area contributed by atoms with Crippen molar-refractivity contribution in [2.75, 3.05) is 6.54 Å². The van der Waals surface area contributed by atoms with Gasteiger partial charge in [0.05, 0.1) is 11.4 Å². The van der Waals surface area contributed by atoms with Gasteiger partial charge in [-0.05, 0) is 49.8 Å². The van der Waals surface area contributed by atoms with Crippen LogP contribution in [0.3, 0.4) is 0 Å². The molecule has 1 aromatic carbocycles. The van der Waals surface area contributed by atoms with Crippen molar-refractivity contribution in [3.63, 3.8) is 0 Å². The number of fused-ring (bicyclic) bond motifs is 1. The number of hydrogen-bond acceptors (Lipinski definition) is 3. The number of ketones is 1. The summed E-state index contributed by atoms with van der Waals surface area (Å²) in [6.07, 6.45) is 13.0. The zero-order chi connectivity index (χ0) is 20.5. The fraction of sp³-hybridized carbons (Fsp3) is 0.400. The Morgan fingerprint density at radius 2 is 1.79 bits per heavy atom. The van der Waals surface area contributed by atoms with Crippen LogP contribution < -0.4 is 5.32 Å². The SMILES string of the molecule is CC(=O)CCCCCCC(=O)NCCC1=C2CC=CC=C2N=C1c1ccccc1. The molecule has 4 heteroatoms. The fourth-order valence-corrected chi connectivity index (χ4v) is 3.80. The minimum Gasteiger partial charge on any atom is -0.356 e. The molecule has 0 saturated heterocycles. The Morgan fingerprint density at radius 1 is 1.03 bits per heavy atom. The van der Waals surface area contributed by atoms with Crippen LogP contribution in [0, 0.1) is 0 Å². The number of amides is 1. The van der Waals surface area contributed by atoms with Crippen LogP contribution in [0.25, 0.3) is 0 Å². The van der Waals surface area contributed by atoms with Crippen molar-refractivity contribution < 1.29 is 9.59 Å². The molecule has 2 aliphatic rings. The molecule has 1 aromatic rings. The third-order valence-corrected chi connectivity index (χ3v) is 5.33. The van der Waals surface area contributed by atoms with Crippen LogP contribution in [0.5, 0.6) is 0 Å².